The van der Waals surface area contributed by atoms with Crippen LogP contribution < -0.4 is 15.1 Å². The van der Waals surface area contributed by atoms with Crippen LogP contribution in [0.2, 0.25) is 5.02 Å². The molecular weight excluding hydrogens is 473 g/mol. The molecule has 1 atom stereocenters. The number of hydrogen-bond acceptors (Lipinski definition) is 5. The number of anilines is 1. The van der Waals surface area contributed by atoms with Crippen LogP contribution in [0.1, 0.15) is 19.8 Å². The lowest BCUT2D eigenvalue weighted by Crippen LogP contribution is -2.47. The number of benzene rings is 2. The van der Waals surface area contributed by atoms with Crippen LogP contribution in [0.15, 0.2) is 54.6 Å². The molecule has 0 aliphatic carbocycles. The second-order valence-corrected chi connectivity index (χ2v) is 8.94. The minimum atomic E-state index is 0. The van der Waals surface area contributed by atoms with Crippen molar-refractivity contribution in [1.29, 1.82) is 0 Å². The van der Waals surface area contributed by atoms with Crippen molar-refractivity contribution in [2.75, 3.05) is 57.3 Å². The van der Waals surface area contributed by atoms with Crippen molar-refractivity contribution < 1.29 is 9.53 Å². The summed E-state index contributed by atoms with van der Waals surface area (Å²) >= 11 is 6.14. The predicted molar refractivity (Wildman–Crippen MR) is 140 cm³/mol. The second kappa shape index (κ2) is 13.0. The molecule has 34 heavy (non-hydrogen) atoms. The summed E-state index contributed by atoms with van der Waals surface area (Å²) in [7, 11) is 0. The lowest BCUT2D eigenvalue weighted by Gasteiger charge is -2.36. The van der Waals surface area contributed by atoms with Gasteiger partial charge < -0.3 is 14.5 Å². The van der Waals surface area contributed by atoms with Gasteiger partial charge in [-0.25, -0.2) is 10.2 Å². The van der Waals surface area contributed by atoms with Crippen LogP contribution in [0.4, 0.5) is 10.5 Å². The SMILES string of the molecule is CCC1NN(CCCN2CCN(c3cccc(Cl)c3)CC2)C(=O)N1CCOc1ccccc1.Cl. The lowest BCUT2D eigenvalue weighted by atomic mass is 10.2. The number of hydrogen-bond donors (Lipinski definition) is 1. The van der Waals surface area contributed by atoms with Crippen molar-refractivity contribution in [2.24, 2.45) is 0 Å². The third-order valence-electron chi connectivity index (χ3n) is 6.29. The van der Waals surface area contributed by atoms with E-state index in [1.807, 2.05) is 53.4 Å². The molecule has 2 aromatic rings. The van der Waals surface area contributed by atoms with Crippen LogP contribution in [0.5, 0.6) is 5.75 Å². The first-order valence-electron chi connectivity index (χ1n) is 11.9. The van der Waals surface area contributed by atoms with Crippen LogP contribution in [-0.2, 0) is 0 Å². The van der Waals surface area contributed by atoms with Gasteiger partial charge >= 0.3 is 6.03 Å². The summed E-state index contributed by atoms with van der Waals surface area (Å²) in [6.45, 7) is 8.88. The average molecular weight is 508 g/mol. The molecule has 7 nitrogen and oxygen atoms in total. The normalized spacial score (nSPS) is 18.8. The molecule has 1 N–H and O–H groups in total. The summed E-state index contributed by atoms with van der Waals surface area (Å²) in [5.74, 6) is 0.831. The molecule has 0 bridgehead atoms. The molecule has 1 unspecified atom stereocenters. The van der Waals surface area contributed by atoms with E-state index in [9.17, 15) is 4.79 Å². The number of nitrogens with zero attached hydrogens (tertiary/aromatic N) is 4. The second-order valence-electron chi connectivity index (χ2n) is 8.50. The zero-order valence-corrected chi connectivity index (χ0v) is 21.3. The Morgan fingerprint density at radius 2 is 1.76 bits per heavy atom. The number of rotatable bonds is 10. The van der Waals surface area contributed by atoms with Gasteiger partial charge in [-0.1, -0.05) is 42.8 Å². The molecule has 2 aliphatic heterocycles. The number of amides is 2. The number of urea groups is 1. The Bertz CT molecular complexity index is 896. The fraction of sp³-hybridized carbons (Fsp3) is 0.480. The highest BCUT2D eigenvalue weighted by molar-refractivity contribution is 6.30. The van der Waals surface area contributed by atoms with Gasteiger partial charge in [-0.05, 0) is 43.2 Å². The van der Waals surface area contributed by atoms with Crippen LogP contribution in [0.25, 0.3) is 0 Å². The maximum absolute atomic E-state index is 12.9. The number of carbonyl (C=O) groups is 1. The molecule has 2 amide bonds. The van der Waals surface area contributed by atoms with Crippen LogP contribution in [-0.4, -0.2) is 79.4 Å². The molecule has 0 spiro atoms. The Labute approximate surface area is 214 Å². The molecule has 186 valence electrons. The largest absolute Gasteiger partial charge is 0.492 e. The van der Waals surface area contributed by atoms with Crippen LogP contribution >= 0.6 is 24.0 Å². The third kappa shape index (κ3) is 6.92. The molecule has 2 saturated heterocycles. The number of para-hydroxylation sites is 1. The van der Waals surface area contributed by atoms with Crippen molar-refractivity contribution in [3.05, 3.63) is 59.6 Å². The maximum atomic E-state index is 12.9. The van der Waals surface area contributed by atoms with E-state index in [4.69, 9.17) is 16.3 Å². The molecule has 0 aromatic heterocycles. The molecule has 0 saturated carbocycles. The fourth-order valence-corrected chi connectivity index (χ4v) is 4.63. The highest BCUT2D eigenvalue weighted by atomic mass is 35.5. The zero-order chi connectivity index (χ0) is 23.0. The van der Waals surface area contributed by atoms with Gasteiger partial charge in [-0.15, -0.1) is 12.4 Å². The molecule has 2 heterocycles. The highest BCUT2D eigenvalue weighted by Gasteiger charge is 2.35. The summed E-state index contributed by atoms with van der Waals surface area (Å²) in [6.07, 6.45) is 1.83. The summed E-state index contributed by atoms with van der Waals surface area (Å²) in [4.78, 5) is 19.7. The molecule has 2 fully saturated rings. The predicted octanol–water partition coefficient (Wildman–Crippen LogP) is 4.33. The number of hydrazine groups is 1. The van der Waals surface area contributed by atoms with E-state index in [1.54, 1.807) is 5.01 Å². The van der Waals surface area contributed by atoms with Gasteiger partial charge in [-0.2, -0.15) is 0 Å². The number of ether oxygens (including phenoxy) is 1. The summed E-state index contributed by atoms with van der Waals surface area (Å²) < 4.78 is 5.79. The van der Waals surface area contributed by atoms with Crippen LogP contribution in [0.3, 0.4) is 0 Å². The van der Waals surface area contributed by atoms with Crippen molar-refractivity contribution in [1.82, 2.24) is 20.2 Å². The van der Waals surface area contributed by atoms with Gasteiger partial charge in [0.25, 0.3) is 0 Å². The van der Waals surface area contributed by atoms with Crippen molar-refractivity contribution in [3.8, 4) is 5.75 Å². The smallest absolute Gasteiger partial charge is 0.335 e. The number of nitrogens with one attached hydrogen (secondary N) is 1. The number of piperazine rings is 1. The van der Waals surface area contributed by atoms with Crippen LogP contribution in [0, 0.1) is 0 Å². The Kier molecular flexibility index (Phi) is 10.1. The van der Waals surface area contributed by atoms with Gasteiger partial charge in [-0.3, -0.25) is 9.91 Å². The first-order chi connectivity index (χ1) is 16.1. The lowest BCUT2D eigenvalue weighted by molar-refractivity contribution is 0.170. The topological polar surface area (TPSA) is 51.3 Å². The molecule has 0 radical (unpaired) electrons. The molecular formula is C25H35Cl2N5O2. The standard InChI is InChI=1S/C25H34ClN5O2.ClH/c1-2-24-27-31(25(32)30(24)18-19-33-23-10-4-3-5-11-23)13-7-12-28-14-16-29(17-15-28)22-9-6-8-21(26)20-22;/h3-6,8-11,20,24,27H,2,7,12-19H2,1H3;1H. The molecule has 4 rings (SSSR count). The molecule has 9 heteroatoms. The van der Waals surface area contributed by atoms with Crippen molar-refractivity contribution in [3.63, 3.8) is 0 Å². The Hall–Kier alpha value is -2.19. The van der Waals surface area contributed by atoms with Gasteiger partial charge in [0, 0.05) is 50.0 Å². The van der Waals surface area contributed by atoms with Crippen molar-refractivity contribution in [2.45, 2.75) is 25.9 Å². The van der Waals surface area contributed by atoms with Gasteiger partial charge in [0.1, 0.15) is 18.5 Å². The Morgan fingerprint density at radius 1 is 1.00 bits per heavy atom. The minimum absolute atomic E-state index is 0. The van der Waals surface area contributed by atoms with E-state index in [0.29, 0.717) is 19.7 Å². The quantitative estimate of drug-likeness (QED) is 0.518. The number of carbonyl (C=O) groups excluding carboxylic acids is 1. The highest BCUT2D eigenvalue weighted by Crippen LogP contribution is 2.21. The van der Waals surface area contributed by atoms with Crippen molar-refractivity contribution >= 4 is 35.7 Å². The Balaban J connectivity index is 0.00000324. The first kappa shape index (κ1) is 26.4. The molecule has 2 aromatic carbocycles. The van der Waals surface area contributed by atoms with Gasteiger partial charge in [0.2, 0.25) is 0 Å². The minimum Gasteiger partial charge on any atom is -0.492 e. The van der Waals surface area contributed by atoms with E-state index in [1.165, 1.54) is 5.69 Å². The molecule has 2 aliphatic rings. The fourth-order valence-electron chi connectivity index (χ4n) is 4.45. The Morgan fingerprint density at radius 3 is 2.47 bits per heavy atom. The van der Waals surface area contributed by atoms with E-state index in [-0.39, 0.29) is 24.6 Å². The van der Waals surface area contributed by atoms with E-state index in [2.05, 4.69) is 28.2 Å². The summed E-state index contributed by atoms with van der Waals surface area (Å²) in [6, 6.07) is 17.8. The average Bonchev–Trinajstić information content (AvgIpc) is 3.15. The third-order valence-corrected chi connectivity index (χ3v) is 6.53. The zero-order valence-electron chi connectivity index (χ0n) is 19.7. The van der Waals surface area contributed by atoms with Gasteiger partial charge in [0.15, 0.2) is 0 Å². The summed E-state index contributed by atoms with van der Waals surface area (Å²) in [5, 5.41) is 2.56. The maximum Gasteiger partial charge on any atom is 0.335 e. The van der Waals surface area contributed by atoms with Gasteiger partial charge in [0.05, 0.1) is 6.54 Å². The number of halogens is 2. The first-order valence-corrected chi connectivity index (χ1v) is 12.3. The monoisotopic (exact) mass is 507 g/mol. The van der Waals surface area contributed by atoms with E-state index < -0.39 is 0 Å². The van der Waals surface area contributed by atoms with E-state index in [0.717, 1.165) is 56.3 Å². The summed E-state index contributed by atoms with van der Waals surface area (Å²) in [5.41, 5.74) is 4.57. The van der Waals surface area contributed by atoms with E-state index >= 15 is 0 Å².